The molecule has 53 heavy (non-hydrogen) atoms. The van der Waals surface area contributed by atoms with Crippen LogP contribution in [0.2, 0.25) is 0 Å². The number of carbonyl (C=O) groups excluding carboxylic acids is 5. The summed E-state index contributed by atoms with van der Waals surface area (Å²) < 4.78 is 25.9. The van der Waals surface area contributed by atoms with Gasteiger partial charge in [0.1, 0.15) is 0 Å². The van der Waals surface area contributed by atoms with Crippen LogP contribution in [-0.4, -0.2) is 92.0 Å². The van der Waals surface area contributed by atoms with Crippen molar-refractivity contribution in [2.45, 2.75) is 171 Å². The van der Waals surface area contributed by atoms with Gasteiger partial charge in [0.05, 0.1) is 4.75 Å². The minimum atomic E-state index is -3.56. The summed E-state index contributed by atoms with van der Waals surface area (Å²) in [4.78, 5) is 71.4. The van der Waals surface area contributed by atoms with Gasteiger partial charge in [0, 0.05) is 0 Å². The van der Waals surface area contributed by atoms with Crippen LogP contribution in [0.5, 0.6) is 0 Å². The molecule has 1 aliphatic heterocycles. The molecule has 0 aromatic heterocycles. The van der Waals surface area contributed by atoms with E-state index in [0.717, 1.165) is 81.5 Å². The van der Waals surface area contributed by atoms with Crippen LogP contribution in [-0.2, 0) is 29.0 Å². The molecular formula is C39H65IN5O7S-. The van der Waals surface area contributed by atoms with Gasteiger partial charge < -0.3 is 0 Å². The molecule has 0 aromatic carbocycles. The second-order valence-electron chi connectivity index (χ2n) is 18.5. The number of nitrogens with zero attached hydrogens (tertiary/aromatic N) is 1. The van der Waals surface area contributed by atoms with Gasteiger partial charge >= 0.3 is 266 Å². The van der Waals surface area contributed by atoms with Crippen molar-refractivity contribution in [2.75, 3.05) is 16.7 Å². The summed E-state index contributed by atoms with van der Waals surface area (Å²) in [6.45, 7) is 13.7. The second-order valence-corrected chi connectivity index (χ2v) is 24.5. The molecular weight excluding hydrogens is 809 g/mol. The maximum absolute atomic E-state index is 15.0. The number of rotatable bonds is 15. The van der Waals surface area contributed by atoms with Crippen molar-refractivity contribution >= 4 is 39.4 Å². The molecule has 12 nitrogen and oxygen atoms in total. The first-order valence-corrected chi connectivity index (χ1v) is 24.5. The average molecular weight is 875 g/mol. The van der Waals surface area contributed by atoms with Crippen molar-refractivity contribution in [1.82, 2.24) is 26.2 Å². The molecule has 1 saturated heterocycles. The van der Waals surface area contributed by atoms with Crippen LogP contribution >= 0.6 is 0 Å². The number of alkyl halides is 2. The molecule has 4 N–H and O–H groups in total. The first-order chi connectivity index (χ1) is 24.8. The van der Waals surface area contributed by atoms with E-state index in [0.29, 0.717) is 19.4 Å². The zero-order valence-corrected chi connectivity index (χ0v) is 36.1. The Morgan fingerprint density at radius 3 is 2.06 bits per heavy atom. The van der Waals surface area contributed by atoms with E-state index in [1.807, 2.05) is 6.92 Å². The molecule has 5 amide bonds. The number of hydrogen-bond acceptors (Lipinski definition) is 7. The number of amides is 5. The van der Waals surface area contributed by atoms with Crippen molar-refractivity contribution in [1.29, 1.82) is 0 Å². The van der Waals surface area contributed by atoms with Crippen molar-refractivity contribution in [3.05, 3.63) is 0 Å². The number of Topliss-reactive ketones (excluding diaryl/α,β-unsaturated/α-hetero) is 1. The normalized spacial score (nSPS) is 27.2. The van der Waals surface area contributed by atoms with E-state index in [2.05, 4.69) is 42.0 Å². The Morgan fingerprint density at radius 2 is 1.49 bits per heavy atom. The Balaban J connectivity index is 1.39. The third kappa shape index (κ3) is 9.53. The molecule has 0 aromatic rings. The molecule has 0 spiro atoms. The van der Waals surface area contributed by atoms with Gasteiger partial charge in [-0.2, -0.15) is 0 Å². The van der Waals surface area contributed by atoms with E-state index >= 15 is 0 Å². The minimum absolute atomic E-state index is 0.0197. The van der Waals surface area contributed by atoms with E-state index in [1.165, 1.54) is 0 Å². The number of sulfone groups is 1. The number of fused-ring (bicyclic) bond motifs is 1. The van der Waals surface area contributed by atoms with Gasteiger partial charge in [-0.3, -0.25) is 0 Å². The molecule has 4 saturated carbocycles. The molecule has 1 heterocycles. The molecule has 0 bridgehead atoms. The first-order valence-electron chi connectivity index (χ1n) is 20.1. The van der Waals surface area contributed by atoms with Gasteiger partial charge in [-0.15, -0.1) is 0 Å². The van der Waals surface area contributed by atoms with Crippen LogP contribution in [0.25, 0.3) is 0 Å². The van der Waals surface area contributed by atoms with Crippen LogP contribution in [0.3, 0.4) is 0 Å². The fourth-order valence-electron chi connectivity index (χ4n) is 8.99. The summed E-state index contributed by atoms with van der Waals surface area (Å²) in [5, 5.41) is 11.9. The van der Waals surface area contributed by atoms with Gasteiger partial charge in [-0.1, -0.05) is 19.3 Å². The van der Waals surface area contributed by atoms with Crippen molar-refractivity contribution in [3.8, 4) is 0 Å². The molecule has 0 radical (unpaired) electrons. The van der Waals surface area contributed by atoms with Crippen LogP contribution in [0, 0.1) is 22.7 Å². The van der Waals surface area contributed by atoms with Gasteiger partial charge in [0.2, 0.25) is 0 Å². The SMILES string of the molecule is CCCC[I-]C(NC(=O)[C@@H]1C2C(CN1C(=O)[C@@H](NC(=O)NC1(CS(=O)(=O)C(C)(C)C)CCCCC1)C1(C)CCCCC1)C2(C)C)C(=O)C(=O)NC1CC1. The number of nitrogens with one attached hydrogen (secondary N) is 4. The Labute approximate surface area is 327 Å². The number of hydrogen-bond donors (Lipinski definition) is 4. The molecule has 5 atom stereocenters. The number of halogens is 1. The molecule has 14 heteroatoms. The summed E-state index contributed by atoms with van der Waals surface area (Å²) in [5.74, 6) is -2.17. The maximum atomic E-state index is 15.0. The van der Waals surface area contributed by atoms with Crippen molar-refractivity contribution in [3.63, 3.8) is 0 Å². The average Bonchev–Trinajstić information content (AvgIpc) is 3.93. The van der Waals surface area contributed by atoms with Crippen LogP contribution in [0.1, 0.15) is 138 Å². The topological polar surface area (TPSA) is 171 Å². The number of ketones is 1. The Morgan fingerprint density at radius 1 is 0.887 bits per heavy atom. The fraction of sp³-hybridized carbons (Fsp3) is 0.872. The molecule has 3 unspecified atom stereocenters. The molecule has 5 aliphatic rings. The van der Waals surface area contributed by atoms with E-state index in [9.17, 15) is 32.4 Å². The quantitative estimate of drug-likeness (QED) is 0.0631. The zero-order chi connectivity index (χ0) is 39.0. The second kappa shape index (κ2) is 16.3. The van der Waals surface area contributed by atoms with Crippen molar-refractivity contribution < 1.29 is 53.6 Å². The Bertz CT molecular complexity index is 1510. The first kappa shape index (κ1) is 42.2. The summed E-state index contributed by atoms with van der Waals surface area (Å²) in [6.07, 6.45) is 11.5. The number of urea groups is 1. The van der Waals surface area contributed by atoms with E-state index in [1.54, 1.807) is 25.7 Å². The number of likely N-dealkylation sites (tertiary alicyclic amines) is 1. The molecule has 5 rings (SSSR count). The van der Waals surface area contributed by atoms with Crippen LogP contribution in [0.15, 0.2) is 0 Å². The number of unbranched alkanes of at least 4 members (excludes halogenated alkanes) is 1. The van der Waals surface area contributed by atoms with Gasteiger partial charge in [-0.25, -0.2) is 8.42 Å². The van der Waals surface area contributed by atoms with Gasteiger partial charge in [0.25, 0.3) is 0 Å². The summed E-state index contributed by atoms with van der Waals surface area (Å²) in [5.41, 5.74) is -1.69. The van der Waals surface area contributed by atoms with Crippen LogP contribution < -0.4 is 42.5 Å². The number of piperidine rings is 1. The predicted molar refractivity (Wildman–Crippen MR) is 200 cm³/mol. The van der Waals surface area contributed by atoms with Gasteiger partial charge in [-0.05, 0) is 20.8 Å². The summed E-state index contributed by atoms with van der Waals surface area (Å²) in [7, 11) is -3.56. The molecule has 5 fully saturated rings. The third-order valence-corrected chi connectivity index (χ3v) is 18.9. The predicted octanol–water partition coefficient (Wildman–Crippen LogP) is 1.20. The van der Waals surface area contributed by atoms with E-state index in [-0.39, 0.29) is 35.0 Å². The third-order valence-electron chi connectivity index (χ3n) is 13.0. The van der Waals surface area contributed by atoms with Gasteiger partial charge in [0.15, 0.2) is 9.84 Å². The molecule has 302 valence electrons. The standard InChI is InChI=1S/C39H65IN5O7S/c1-8-9-22-40-31(29(46)33(48)41-25-16-17-25)43-32(47)28-27-26(37(27,5)6)23-45(28)34(49)30(38(7)18-12-10-13-19-38)42-35(50)44-39(20-14-11-15-21-39)24-53(51,52)36(2,3)4/h25-28,30-31H,8-24H2,1-7H3,(H,41,48)(H,43,47)(H2,42,44,50)/q-1/t26?,27?,28-,30+,31?/m0/s1. The number of carbonyl (C=O) groups is 5. The van der Waals surface area contributed by atoms with E-state index in [4.69, 9.17) is 0 Å². The fourth-order valence-corrected chi connectivity index (χ4v) is 13.5. The summed E-state index contributed by atoms with van der Waals surface area (Å²) in [6, 6.07) is -2.30. The Kier molecular flexibility index (Phi) is 12.9. The molecule has 4 aliphatic carbocycles. The summed E-state index contributed by atoms with van der Waals surface area (Å²) >= 11 is -0.862. The van der Waals surface area contributed by atoms with E-state index < -0.39 is 86.5 Å². The van der Waals surface area contributed by atoms with Crippen molar-refractivity contribution in [2.24, 2.45) is 22.7 Å². The monoisotopic (exact) mass is 874 g/mol. The Hall–Kier alpha value is -1.97. The zero-order valence-electron chi connectivity index (χ0n) is 33.1. The van der Waals surface area contributed by atoms with Crippen LogP contribution in [0.4, 0.5) is 4.79 Å².